The van der Waals surface area contributed by atoms with Gasteiger partial charge in [0.05, 0.1) is 0 Å². The van der Waals surface area contributed by atoms with Crippen molar-refractivity contribution in [2.75, 3.05) is 20.6 Å². The molecule has 0 radical (unpaired) electrons. The zero-order chi connectivity index (χ0) is 12.0. The van der Waals surface area contributed by atoms with E-state index in [1.165, 1.54) is 12.1 Å². The topological polar surface area (TPSA) is 15.3 Å². The van der Waals surface area contributed by atoms with Gasteiger partial charge in [0, 0.05) is 12.6 Å². The van der Waals surface area contributed by atoms with Crippen molar-refractivity contribution in [3.05, 3.63) is 35.6 Å². The Balaban J connectivity index is 2.26. The Kier molecular flexibility index (Phi) is 5.43. The van der Waals surface area contributed by atoms with Crippen LogP contribution in [0.2, 0.25) is 0 Å². The molecule has 1 aromatic rings. The van der Waals surface area contributed by atoms with Crippen LogP contribution in [0.5, 0.6) is 0 Å². The second kappa shape index (κ2) is 6.61. The third-order valence-corrected chi connectivity index (χ3v) is 2.58. The maximum atomic E-state index is 12.7. The molecule has 0 amide bonds. The molecule has 16 heavy (non-hydrogen) atoms. The zero-order valence-electron chi connectivity index (χ0n) is 10.3. The van der Waals surface area contributed by atoms with Gasteiger partial charge >= 0.3 is 0 Å². The second-order valence-electron chi connectivity index (χ2n) is 4.50. The fourth-order valence-corrected chi connectivity index (χ4v) is 1.45. The van der Waals surface area contributed by atoms with Crippen molar-refractivity contribution in [2.24, 2.45) is 0 Å². The minimum Gasteiger partial charge on any atom is -0.310 e. The van der Waals surface area contributed by atoms with Crippen molar-refractivity contribution in [3.63, 3.8) is 0 Å². The van der Waals surface area contributed by atoms with Gasteiger partial charge in [-0.1, -0.05) is 12.1 Å². The summed E-state index contributed by atoms with van der Waals surface area (Å²) in [5.41, 5.74) is 1.12. The number of nitrogens with zero attached hydrogens (tertiary/aromatic N) is 1. The summed E-state index contributed by atoms with van der Waals surface area (Å²) in [6.07, 6.45) is 1.12. The van der Waals surface area contributed by atoms with E-state index in [0.29, 0.717) is 6.04 Å². The molecule has 0 bridgehead atoms. The standard InChI is InChI=1S/C13H21FN2/c1-11(8-9-16(2)3)15-10-12-4-6-13(14)7-5-12/h4-7,11,15H,8-10H2,1-3H3. The van der Waals surface area contributed by atoms with Crippen LogP contribution in [0, 0.1) is 5.82 Å². The molecule has 2 nitrogen and oxygen atoms in total. The van der Waals surface area contributed by atoms with Crippen LogP contribution < -0.4 is 5.32 Å². The summed E-state index contributed by atoms with van der Waals surface area (Å²) in [5, 5.41) is 3.42. The predicted octanol–water partition coefficient (Wildman–Crippen LogP) is 2.26. The van der Waals surface area contributed by atoms with Crippen LogP contribution in [0.25, 0.3) is 0 Å². The summed E-state index contributed by atoms with van der Waals surface area (Å²) >= 11 is 0. The van der Waals surface area contributed by atoms with Crippen LogP contribution in [0.4, 0.5) is 4.39 Å². The van der Waals surface area contributed by atoms with Gasteiger partial charge in [0.25, 0.3) is 0 Å². The van der Waals surface area contributed by atoms with Gasteiger partial charge in [-0.05, 0) is 51.7 Å². The molecule has 0 spiro atoms. The fourth-order valence-electron chi connectivity index (χ4n) is 1.45. The van der Waals surface area contributed by atoms with Gasteiger partial charge in [-0.2, -0.15) is 0 Å². The van der Waals surface area contributed by atoms with Crippen LogP contribution in [0.15, 0.2) is 24.3 Å². The first-order valence-corrected chi connectivity index (χ1v) is 5.70. The molecule has 1 N–H and O–H groups in total. The van der Waals surface area contributed by atoms with E-state index in [1.54, 1.807) is 0 Å². The van der Waals surface area contributed by atoms with Crippen molar-refractivity contribution in [3.8, 4) is 0 Å². The maximum absolute atomic E-state index is 12.7. The zero-order valence-corrected chi connectivity index (χ0v) is 10.3. The molecule has 0 saturated heterocycles. The highest BCUT2D eigenvalue weighted by Gasteiger charge is 2.02. The number of benzene rings is 1. The second-order valence-corrected chi connectivity index (χ2v) is 4.50. The molecule has 0 saturated carbocycles. The number of halogens is 1. The molecule has 3 heteroatoms. The molecule has 90 valence electrons. The highest BCUT2D eigenvalue weighted by Crippen LogP contribution is 2.03. The van der Waals surface area contributed by atoms with Crippen molar-refractivity contribution in [1.29, 1.82) is 0 Å². The lowest BCUT2D eigenvalue weighted by molar-refractivity contribution is 0.365. The molecule has 0 fully saturated rings. The van der Waals surface area contributed by atoms with Crippen LogP contribution in [-0.2, 0) is 6.54 Å². The number of hydrogen-bond acceptors (Lipinski definition) is 2. The largest absolute Gasteiger partial charge is 0.310 e. The van der Waals surface area contributed by atoms with E-state index in [2.05, 4.69) is 31.2 Å². The highest BCUT2D eigenvalue weighted by atomic mass is 19.1. The number of rotatable bonds is 6. The Labute approximate surface area is 97.5 Å². The van der Waals surface area contributed by atoms with Gasteiger partial charge in [0.1, 0.15) is 5.82 Å². The molecular weight excluding hydrogens is 203 g/mol. The fraction of sp³-hybridized carbons (Fsp3) is 0.538. The summed E-state index contributed by atoms with van der Waals surface area (Å²) in [6.45, 7) is 4.06. The summed E-state index contributed by atoms with van der Waals surface area (Å²) in [6, 6.07) is 7.12. The smallest absolute Gasteiger partial charge is 0.123 e. The van der Waals surface area contributed by atoms with Crippen molar-refractivity contribution in [2.45, 2.75) is 25.9 Å². The molecule has 0 aliphatic rings. The number of nitrogens with one attached hydrogen (secondary N) is 1. The lowest BCUT2D eigenvalue weighted by atomic mass is 10.2. The Bertz CT molecular complexity index is 295. The molecule has 0 heterocycles. The molecule has 1 atom stereocenters. The minimum absolute atomic E-state index is 0.176. The van der Waals surface area contributed by atoms with E-state index in [4.69, 9.17) is 0 Å². The predicted molar refractivity (Wildman–Crippen MR) is 65.9 cm³/mol. The summed E-state index contributed by atoms with van der Waals surface area (Å²) in [4.78, 5) is 2.18. The first kappa shape index (κ1) is 13.1. The summed E-state index contributed by atoms with van der Waals surface area (Å²) in [7, 11) is 4.15. The van der Waals surface area contributed by atoms with Crippen LogP contribution in [0.1, 0.15) is 18.9 Å². The third kappa shape index (κ3) is 5.24. The quantitative estimate of drug-likeness (QED) is 0.797. The lowest BCUT2D eigenvalue weighted by Gasteiger charge is -2.16. The van der Waals surface area contributed by atoms with Gasteiger partial charge in [-0.25, -0.2) is 4.39 Å². The van der Waals surface area contributed by atoms with E-state index in [1.807, 2.05) is 12.1 Å². The van der Waals surface area contributed by atoms with Gasteiger partial charge in [-0.15, -0.1) is 0 Å². The Morgan fingerprint density at radius 1 is 1.25 bits per heavy atom. The van der Waals surface area contributed by atoms with Gasteiger partial charge in [0.2, 0.25) is 0 Å². The molecule has 0 aliphatic heterocycles. The van der Waals surface area contributed by atoms with Crippen molar-refractivity contribution >= 4 is 0 Å². The summed E-state index contributed by atoms with van der Waals surface area (Å²) in [5.74, 6) is -0.176. The highest BCUT2D eigenvalue weighted by molar-refractivity contribution is 5.15. The van der Waals surface area contributed by atoms with Crippen LogP contribution in [0.3, 0.4) is 0 Å². The SMILES string of the molecule is CC(CCN(C)C)NCc1ccc(F)cc1. The third-order valence-electron chi connectivity index (χ3n) is 2.58. The average Bonchev–Trinajstić information content (AvgIpc) is 2.25. The minimum atomic E-state index is -0.176. The molecular formula is C13H21FN2. The van der Waals surface area contributed by atoms with E-state index in [9.17, 15) is 4.39 Å². The maximum Gasteiger partial charge on any atom is 0.123 e. The van der Waals surface area contributed by atoms with Gasteiger partial charge in [-0.3, -0.25) is 0 Å². The van der Waals surface area contributed by atoms with Crippen molar-refractivity contribution in [1.82, 2.24) is 10.2 Å². The first-order chi connectivity index (χ1) is 7.58. The first-order valence-electron chi connectivity index (χ1n) is 5.70. The Morgan fingerprint density at radius 2 is 1.88 bits per heavy atom. The van der Waals surface area contributed by atoms with Crippen LogP contribution in [-0.4, -0.2) is 31.6 Å². The van der Waals surface area contributed by atoms with E-state index < -0.39 is 0 Å². The normalized spacial score (nSPS) is 13.1. The summed E-state index contributed by atoms with van der Waals surface area (Å²) < 4.78 is 12.7. The van der Waals surface area contributed by atoms with E-state index >= 15 is 0 Å². The Hall–Kier alpha value is -0.930. The van der Waals surface area contributed by atoms with E-state index in [0.717, 1.165) is 25.1 Å². The molecule has 0 aromatic heterocycles. The average molecular weight is 224 g/mol. The molecule has 0 aliphatic carbocycles. The van der Waals surface area contributed by atoms with Gasteiger partial charge < -0.3 is 10.2 Å². The molecule has 1 unspecified atom stereocenters. The lowest BCUT2D eigenvalue weighted by Crippen LogP contribution is -2.29. The van der Waals surface area contributed by atoms with Gasteiger partial charge in [0.15, 0.2) is 0 Å². The van der Waals surface area contributed by atoms with Crippen molar-refractivity contribution < 1.29 is 4.39 Å². The van der Waals surface area contributed by atoms with Crippen LogP contribution >= 0.6 is 0 Å². The Morgan fingerprint density at radius 3 is 2.44 bits per heavy atom. The number of hydrogen-bond donors (Lipinski definition) is 1. The van der Waals surface area contributed by atoms with E-state index in [-0.39, 0.29) is 5.82 Å². The monoisotopic (exact) mass is 224 g/mol. The molecule has 1 aromatic carbocycles. The molecule has 1 rings (SSSR count).